The number of ketones is 1. The third-order valence-corrected chi connectivity index (χ3v) is 3.70. The van der Waals surface area contributed by atoms with Crippen LogP contribution in [0.4, 0.5) is 0 Å². The van der Waals surface area contributed by atoms with Gasteiger partial charge in [0.1, 0.15) is 5.78 Å². The second kappa shape index (κ2) is 12.0. The van der Waals surface area contributed by atoms with Gasteiger partial charge < -0.3 is 5.32 Å². The van der Waals surface area contributed by atoms with Crippen LogP contribution in [0, 0.1) is 0 Å². The van der Waals surface area contributed by atoms with Crippen LogP contribution in [0.1, 0.15) is 63.9 Å². The van der Waals surface area contributed by atoms with E-state index in [4.69, 9.17) is 0 Å². The number of amides is 1. The number of carbonyl (C=O) groups is 2. The van der Waals surface area contributed by atoms with E-state index in [9.17, 15) is 9.59 Å². The highest BCUT2D eigenvalue weighted by molar-refractivity contribution is 5.98. The van der Waals surface area contributed by atoms with E-state index in [-0.39, 0.29) is 18.1 Å². The fraction of sp³-hybridized carbons (Fsp3) is 0.579. The van der Waals surface area contributed by atoms with Gasteiger partial charge in [0.05, 0.1) is 6.42 Å². The first-order valence-electron chi connectivity index (χ1n) is 8.54. The summed E-state index contributed by atoms with van der Waals surface area (Å²) >= 11 is 0. The molecule has 0 atom stereocenters. The van der Waals surface area contributed by atoms with Crippen molar-refractivity contribution in [3.8, 4) is 0 Å². The highest BCUT2D eigenvalue weighted by Crippen LogP contribution is 2.06. The van der Waals surface area contributed by atoms with E-state index >= 15 is 0 Å². The van der Waals surface area contributed by atoms with Gasteiger partial charge in [0.2, 0.25) is 5.91 Å². The number of hydrogen-bond acceptors (Lipinski definition) is 2. The molecule has 1 aromatic rings. The van der Waals surface area contributed by atoms with Gasteiger partial charge in [-0.15, -0.1) is 0 Å². The second-order valence-electron chi connectivity index (χ2n) is 5.85. The smallest absolute Gasteiger partial charge is 0.227 e. The van der Waals surface area contributed by atoms with Crippen LogP contribution in [-0.4, -0.2) is 18.2 Å². The van der Waals surface area contributed by atoms with Crippen molar-refractivity contribution in [1.29, 1.82) is 0 Å². The molecule has 22 heavy (non-hydrogen) atoms. The molecule has 0 bridgehead atoms. The Morgan fingerprint density at radius 3 is 2.23 bits per heavy atom. The zero-order chi connectivity index (χ0) is 16.0. The van der Waals surface area contributed by atoms with Crippen LogP contribution in [-0.2, 0) is 16.0 Å². The van der Waals surface area contributed by atoms with E-state index in [0.29, 0.717) is 13.0 Å². The van der Waals surface area contributed by atoms with Crippen LogP contribution in [0.3, 0.4) is 0 Å². The fourth-order valence-electron chi connectivity index (χ4n) is 2.44. The molecule has 0 aliphatic rings. The minimum Gasteiger partial charge on any atom is -0.356 e. The lowest BCUT2D eigenvalue weighted by Gasteiger charge is -2.05. The van der Waals surface area contributed by atoms with Gasteiger partial charge in [0.25, 0.3) is 0 Å². The summed E-state index contributed by atoms with van der Waals surface area (Å²) < 4.78 is 0. The third-order valence-electron chi connectivity index (χ3n) is 3.70. The van der Waals surface area contributed by atoms with Gasteiger partial charge in [-0.25, -0.2) is 0 Å². The summed E-state index contributed by atoms with van der Waals surface area (Å²) in [4.78, 5) is 23.5. The van der Waals surface area contributed by atoms with Crippen molar-refractivity contribution in [2.75, 3.05) is 6.54 Å². The molecule has 0 heterocycles. The molecule has 0 fully saturated rings. The van der Waals surface area contributed by atoms with Crippen LogP contribution < -0.4 is 5.32 Å². The Morgan fingerprint density at radius 2 is 1.55 bits per heavy atom. The average Bonchev–Trinajstić information content (AvgIpc) is 2.50. The molecule has 0 aromatic heterocycles. The van der Waals surface area contributed by atoms with E-state index in [1.54, 1.807) is 0 Å². The van der Waals surface area contributed by atoms with Crippen molar-refractivity contribution in [2.45, 2.75) is 64.7 Å². The monoisotopic (exact) mass is 303 g/mol. The van der Waals surface area contributed by atoms with Gasteiger partial charge in [-0.05, 0) is 12.0 Å². The number of nitrogens with one attached hydrogen (secondary N) is 1. The highest BCUT2D eigenvalue weighted by Gasteiger charge is 2.09. The van der Waals surface area contributed by atoms with Crippen LogP contribution in [0.25, 0.3) is 0 Å². The molecule has 0 saturated heterocycles. The number of benzene rings is 1. The largest absolute Gasteiger partial charge is 0.356 e. The topological polar surface area (TPSA) is 46.2 Å². The number of rotatable bonds is 12. The average molecular weight is 303 g/mol. The first-order chi connectivity index (χ1) is 10.7. The Balaban J connectivity index is 2.02. The van der Waals surface area contributed by atoms with Gasteiger partial charge >= 0.3 is 0 Å². The maximum atomic E-state index is 11.8. The molecule has 0 saturated carbocycles. The standard InChI is InChI=1S/C19H29NO2/c1-2-3-4-5-6-7-11-14-20-19(22)16-18(21)15-17-12-9-8-10-13-17/h8-10,12-13H,2-7,11,14-16H2,1H3,(H,20,22). The molecule has 122 valence electrons. The van der Waals surface area contributed by atoms with Crippen LogP contribution in [0.5, 0.6) is 0 Å². The summed E-state index contributed by atoms with van der Waals surface area (Å²) in [7, 11) is 0. The summed E-state index contributed by atoms with van der Waals surface area (Å²) in [6, 6.07) is 9.55. The molecule has 0 radical (unpaired) electrons. The maximum Gasteiger partial charge on any atom is 0.227 e. The van der Waals surface area contributed by atoms with E-state index in [1.807, 2.05) is 30.3 Å². The van der Waals surface area contributed by atoms with Crippen molar-refractivity contribution < 1.29 is 9.59 Å². The number of Topliss-reactive ketones (excluding diaryl/α,β-unsaturated/α-hetero) is 1. The number of unbranched alkanes of at least 4 members (excludes halogenated alkanes) is 6. The predicted octanol–water partition coefficient (Wildman–Crippen LogP) is 4.06. The van der Waals surface area contributed by atoms with E-state index in [2.05, 4.69) is 12.2 Å². The van der Waals surface area contributed by atoms with Crippen molar-refractivity contribution in [3.05, 3.63) is 35.9 Å². The molecule has 0 unspecified atom stereocenters. The van der Waals surface area contributed by atoms with Crippen LogP contribution in [0.15, 0.2) is 30.3 Å². The van der Waals surface area contributed by atoms with Crippen LogP contribution in [0.2, 0.25) is 0 Å². The van der Waals surface area contributed by atoms with Gasteiger partial charge in [-0.3, -0.25) is 9.59 Å². The Kier molecular flexibility index (Phi) is 10.0. The van der Waals surface area contributed by atoms with Crippen molar-refractivity contribution in [2.24, 2.45) is 0 Å². The first kappa shape index (κ1) is 18.4. The Bertz CT molecular complexity index is 428. The quantitative estimate of drug-likeness (QED) is 0.467. The summed E-state index contributed by atoms with van der Waals surface area (Å²) in [6.07, 6.45) is 8.92. The molecule has 1 aromatic carbocycles. The lowest BCUT2D eigenvalue weighted by atomic mass is 10.1. The van der Waals surface area contributed by atoms with Crippen molar-refractivity contribution in [3.63, 3.8) is 0 Å². The first-order valence-corrected chi connectivity index (χ1v) is 8.54. The second-order valence-corrected chi connectivity index (χ2v) is 5.85. The molecule has 3 heteroatoms. The van der Waals surface area contributed by atoms with Gasteiger partial charge in [0, 0.05) is 13.0 Å². The molecular formula is C19H29NO2. The maximum absolute atomic E-state index is 11.8. The van der Waals surface area contributed by atoms with Gasteiger partial charge in [-0.1, -0.05) is 75.8 Å². The van der Waals surface area contributed by atoms with Gasteiger partial charge in [-0.2, -0.15) is 0 Å². The van der Waals surface area contributed by atoms with E-state index < -0.39 is 0 Å². The molecule has 1 amide bonds. The molecule has 1 rings (SSSR count). The molecule has 1 N–H and O–H groups in total. The lowest BCUT2D eigenvalue weighted by molar-refractivity contribution is -0.127. The molecule has 0 aliphatic carbocycles. The molecule has 0 spiro atoms. The summed E-state index contributed by atoms with van der Waals surface area (Å²) in [5, 5.41) is 2.84. The zero-order valence-corrected chi connectivity index (χ0v) is 13.8. The highest BCUT2D eigenvalue weighted by atomic mass is 16.2. The molecule has 3 nitrogen and oxygen atoms in total. The Hall–Kier alpha value is -1.64. The van der Waals surface area contributed by atoms with Crippen LogP contribution >= 0.6 is 0 Å². The number of hydrogen-bond donors (Lipinski definition) is 1. The SMILES string of the molecule is CCCCCCCCCNC(=O)CC(=O)Cc1ccccc1. The predicted molar refractivity (Wildman–Crippen MR) is 90.8 cm³/mol. The minimum absolute atomic E-state index is 0.00854. The number of carbonyl (C=O) groups excluding carboxylic acids is 2. The summed E-state index contributed by atoms with van der Waals surface area (Å²) in [5.74, 6) is -0.171. The van der Waals surface area contributed by atoms with Crippen molar-refractivity contribution >= 4 is 11.7 Å². The Morgan fingerprint density at radius 1 is 0.909 bits per heavy atom. The summed E-state index contributed by atoms with van der Waals surface area (Å²) in [6.45, 7) is 2.90. The van der Waals surface area contributed by atoms with E-state index in [0.717, 1.165) is 18.4 Å². The van der Waals surface area contributed by atoms with E-state index in [1.165, 1.54) is 32.1 Å². The minimum atomic E-state index is -0.146. The zero-order valence-electron chi connectivity index (χ0n) is 13.8. The summed E-state index contributed by atoms with van der Waals surface area (Å²) in [5.41, 5.74) is 0.965. The van der Waals surface area contributed by atoms with Crippen molar-refractivity contribution in [1.82, 2.24) is 5.32 Å². The fourth-order valence-corrected chi connectivity index (χ4v) is 2.44. The lowest BCUT2D eigenvalue weighted by Crippen LogP contribution is -2.27. The molecular weight excluding hydrogens is 274 g/mol. The van der Waals surface area contributed by atoms with Gasteiger partial charge in [0.15, 0.2) is 0 Å². The normalized spacial score (nSPS) is 10.4. The Labute approximate surface area is 134 Å². The third kappa shape index (κ3) is 9.32. The molecule has 0 aliphatic heterocycles.